The van der Waals surface area contributed by atoms with Crippen LogP contribution in [0.3, 0.4) is 0 Å². The molecule has 0 rings (SSSR count). The predicted molar refractivity (Wildman–Crippen MR) is 42.1 cm³/mol. The Morgan fingerprint density at radius 1 is 1.75 bits per heavy atom. The van der Waals surface area contributed by atoms with Gasteiger partial charge in [-0.2, -0.15) is 0 Å². The Labute approximate surface area is 70.0 Å². The number of nitrogens with zero attached hydrogens (tertiary/aromatic N) is 1. The van der Waals surface area contributed by atoms with Crippen molar-refractivity contribution in [1.29, 1.82) is 0 Å². The third kappa shape index (κ3) is 6.95. The Kier molecular flexibility index (Phi) is 5.91. The summed E-state index contributed by atoms with van der Waals surface area (Å²) < 4.78 is 4.50. The van der Waals surface area contributed by atoms with Gasteiger partial charge in [-0.1, -0.05) is 0 Å². The van der Waals surface area contributed by atoms with Gasteiger partial charge in [0.2, 0.25) is 0 Å². The van der Waals surface area contributed by atoms with Crippen LogP contribution < -0.4 is 0 Å². The third-order valence-corrected chi connectivity index (χ3v) is 0.999. The van der Waals surface area contributed by atoms with Crippen molar-refractivity contribution in [3.8, 4) is 0 Å². The van der Waals surface area contributed by atoms with Gasteiger partial charge in [-0.3, -0.25) is 0 Å². The lowest BCUT2D eigenvalue weighted by molar-refractivity contribution is -0.156. The van der Waals surface area contributed by atoms with Gasteiger partial charge in [0.15, 0.2) is 6.29 Å². The molecule has 0 saturated carbocycles. The molecule has 0 aliphatic heterocycles. The number of ether oxygens (including phenoxy) is 1. The van der Waals surface area contributed by atoms with E-state index >= 15 is 0 Å². The molecule has 2 N–H and O–H groups in total. The van der Waals surface area contributed by atoms with Crippen molar-refractivity contribution in [2.24, 2.45) is 4.99 Å². The molecule has 0 aliphatic rings. The molecular weight excluding hydrogens is 162 g/mol. The molecule has 0 aliphatic carbocycles. The minimum atomic E-state index is -1.11. The standard InChI is InChI=1S/C7H11NO4/c1-2-8-4-3-7(11)12-5-6(9)10/h7,11H,1,3-5H2,(H,9,10). The summed E-state index contributed by atoms with van der Waals surface area (Å²) in [5.41, 5.74) is 0. The molecule has 0 aromatic carbocycles. The van der Waals surface area contributed by atoms with Crippen LogP contribution in [0.25, 0.3) is 0 Å². The molecule has 0 radical (unpaired) electrons. The first-order valence-electron chi connectivity index (χ1n) is 3.37. The molecule has 0 bridgehead atoms. The lowest BCUT2D eigenvalue weighted by Gasteiger charge is -2.07. The summed E-state index contributed by atoms with van der Waals surface area (Å²) in [6.45, 7) is 3.05. The van der Waals surface area contributed by atoms with Crippen molar-refractivity contribution in [3.05, 3.63) is 6.58 Å². The molecule has 0 amide bonds. The van der Waals surface area contributed by atoms with Crippen molar-refractivity contribution < 1.29 is 19.7 Å². The minimum Gasteiger partial charge on any atom is -0.480 e. The van der Waals surface area contributed by atoms with Gasteiger partial charge < -0.3 is 14.9 Å². The highest BCUT2D eigenvalue weighted by Crippen LogP contribution is 1.93. The van der Waals surface area contributed by atoms with E-state index in [2.05, 4.69) is 22.2 Å². The van der Waals surface area contributed by atoms with E-state index in [9.17, 15) is 4.79 Å². The molecule has 0 aromatic rings. The van der Waals surface area contributed by atoms with Gasteiger partial charge in [0, 0.05) is 6.42 Å². The van der Waals surface area contributed by atoms with Crippen molar-refractivity contribution in [2.75, 3.05) is 13.2 Å². The van der Waals surface area contributed by atoms with Gasteiger partial charge >= 0.3 is 5.97 Å². The fourth-order valence-electron chi connectivity index (χ4n) is 0.505. The van der Waals surface area contributed by atoms with E-state index in [-0.39, 0.29) is 6.42 Å². The Morgan fingerprint density at radius 2 is 2.42 bits per heavy atom. The molecule has 1 atom stereocenters. The summed E-state index contributed by atoms with van der Waals surface area (Å²) in [5, 5.41) is 17.1. The zero-order chi connectivity index (χ0) is 9.40. The van der Waals surface area contributed by atoms with Gasteiger partial charge in [-0.25, -0.2) is 9.79 Å². The highest BCUT2D eigenvalue weighted by Gasteiger charge is 2.05. The molecule has 0 spiro atoms. The zero-order valence-corrected chi connectivity index (χ0v) is 6.56. The first kappa shape index (κ1) is 10.8. The van der Waals surface area contributed by atoms with Crippen LogP contribution in [-0.2, 0) is 9.53 Å². The van der Waals surface area contributed by atoms with Gasteiger partial charge in [0.05, 0.1) is 6.54 Å². The fraction of sp³-hybridized carbons (Fsp3) is 0.571. The van der Waals surface area contributed by atoms with Crippen LogP contribution in [0.2, 0.25) is 0 Å². The number of carboxylic acid groups (broad SMARTS) is 1. The number of carbonyl (C=O) groups is 1. The van der Waals surface area contributed by atoms with Crippen molar-refractivity contribution in [3.63, 3.8) is 0 Å². The van der Waals surface area contributed by atoms with Crippen LogP contribution in [0.15, 0.2) is 11.6 Å². The van der Waals surface area contributed by atoms with Crippen molar-refractivity contribution >= 4 is 11.8 Å². The number of aliphatic hydroxyl groups excluding tert-OH is 1. The van der Waals surface area contributed by atoms with Crippen LogP contribution in [-0.4, -0.2) is 41.5 Å². The lowest BCUT2D eigenvalue weighted by atomic mass is 10.4. The zero-order valence-electron chi connectivity index (χ0n) is 6.56. The maximum atomic E-state index is 9.95. The molecule has 5 nitrogen and oxygen atoms in total. The molecule has 0 fully saturated rings. The first-order valence-corrected chi connectivity index (χ1v) is 3.37. The van der Waals surface area contributed by atoms with Gasteiger partial charge in [-0.05, 0) is 12.4 Å². The molecule has 0 saturated heterocycles. The van der Waals surface area contributed by atoms with Crippen LogP contribution >= 0.6 is 0 Å². The van der Waals surface area contributed by atoms with Crippen LogP contribution in [0.1, 0.15) is 6.42 Å². The Bertz CT molecular complexity index is 180. The quantitative estimate of drug-likeness (QED) is 0.425. The van der Waals surface area contributed by atoms with Crippen LogP contribution in [0.4, 0.5) is 0 Å². The van der Waals surface area contributed by atoms with Crippen LogP contribution in [0.5, 0.6) is 0 Å². The van der Waals surface area contributed by atoms with Crippen LogP contribution in [0, 0.1) is 0 Å². The maximum absolute atomic E-state index is 9.95. The number of aliphatic hydroxyl groups is 1. The topological polar surface area (TPSA) is 79.1 Å². The van der Waals surface area contributed by atoms with E-state index in [4.69, 9.17) is 10.2 Å². The Balaban J connectivity index is 3.39. The molecule has 0 aromatic heterocycles. The van der Waals surface area contributed by atoms with E-state index in [0.29, 0.717) is 6.54 Å². The lowest BCUT2D eigenvalue weighted by Crippen LogP contribution is -2.18. The monoisotopic (exact) mass is 173 g/mol. The number of hydrogen-bond acceptors (Lipinski definition) is 4. The van der Waals surface area contributed by atoms with Gasteiger partial charge in [0.25, 0.3) is 0 Å². The number of aliphatic imine (C=N–C) groups is 1. The molecule has 1 unspecified atom stereocenters. The average Bonchev–Trinajstić information content (AvgIpc) is 2.01. The highest BCUT2D eigenvalue weighted by atomic mass is 16.6. The summed E-state index contributed by atoms with van der Waals surface area (Å²) in [4.78, 5) is 13.5. The SMILES string of the molecule is C=C=NCCC(O)OCC(=O)O. The maximum Gasteiger partial charge on any atom is 0.329 e. The second-order valence-electron chi connectivity index (χ2n) is 1.99. The van der Waals surface area contributed by atoms with E-state index in [1.807, 2.05) is 0 Å². The summed E-state index contributed by atoms with van der Waals surface area (Å²) in [6, 6.07) is 0. The highest BCUT2D eigenvalue weighted by molar-refractivity contribution is 5.67. The summed E-state index contributed by atoms with van der Waals surface area (Å²) in [6.07, 6.45) is -0.839. The smallest absolute Gasteiger partial charge is 0.329 e. The second kappa shape index (κ2) is 6.54. The molecular formula is C7H11NO4. The van der Waals surface area contributed by atoms with Gasteiger partial charge in [-0.15, -0.1) is 0 Å². The Hall–Kier alpha value is -1.16. The molecule has 68 valence electrons. The summed E-state index contributed by atoms with van der Waals surface area (Å²) >= 11 is 0. The van der Waals surface area contributed by atoms with Crippen molar-refractivity contribution in [2.45, 2.75) is 12.7 Å². The molecule has 5 heteroatoms. The predicted octanol–water partition coefficient (Wildman–Crippen LogP) is -0.348. The van der Waals surface area contributed by atoms with E-state index < -0.39 is 18.9 Å². The largest absolute Gasteiger partial charge is 0.480 e. The summed E-state index contributed by atoms with van der Waals surface area (Å²) in [7, 11) is 0. The molecule has 12 heavy (non-hydrogen) atoms. The number of hydrogen-bond donors (Lipinski definition) is 2. The van der Waals surface area contributed by atoms with Crippen molar-refractivity contribution in [1.82, 2.24) is 0 Å². The fourth-order valence-corrected chi connectivity index (χ4v) is 0.505. The number of rotatable bonds is 6. The third-order valence-electron chi connectivity index (χ3n) is 0.999. The summed E-state index contributed by atoms with van der Waals surface area (Å²) in [5.74, 6) is 1.17. The number of carboxylic acids is 1. The normalized spacial score (nSPS) is 11.8. The molecule has 0 heterocycles. The minimum absolute atomic E-state index is 0.246. The first-order chi connectivity index (χ1) is 5.66. The van der Waals surface area contributed by atoms with E-state index in [1.54, 1.807) is 0 Å². The second-order valence-corrected chi connectivity index (χ2v) is 1.99. The van der Waals surface area contributed by atoms with E-state index in [0.717, 1.165) is 0 Å². The van der Waals surface area contributed by atoms with E-state index in [1.165, 1.54) is 0 Å². The number of aliphatic carboxylic acids is 1. The Morgan fingerprint density at radius 3 is 2.92 bits per heavy atom. The van der Waals surface area contributed by atoms with Gasteiger partial charge in [0.1, 0.15) is 6.61 Å². The average molecular weight is 173 g/mol.